The molecule has 0 amide bonds. The molecule has 3 heterocycles. The van der Waals surface area contributed by atoms with Gasteiger partial charge in [0.2, 0.25) is 0 Å². The lowest BCUT2D eigenvalue weighted by Crippen LogP contribution is -2.37. The molecular weight excluding hydrogens is 350 g/mol. The Balaban J connectivity index is 1.53. The highest BCUT2D eigenvalue weighted by atomic mass is 16.5. The fraction of sp³-hybridized carbons (Fsp3) is 0.261. The number of benzene rings is 2. The summed E-state index contributed by atoms with van der Waals surface area (Å²) < 4.78 is 5.47. The molecule has 2 aromatic heterocycles. The Bertz CT molecular complexity index is 1200. The second kappa shape index (κ2) is 6.93. The Morgan fingerprint density at radius 3 is 2.57 bits per heavy atom. The van der Waals surface area contributed by atoms with Crippen LogP contribution in [-0.4, -0.2) is 41.2 Å². The lowest BCUT2D eigenvalue weighted by Gasteiger charge is -2.32. The van der Waals surface area contributed by atoms with Gasteiger partial charge in [-0.3, -0.25) is 9.69 Å². The van der Waals surface area contributed by atoms with E-state index in [1.54, 1.807) is 0 Å². The van der Waals surface area contributed by atoms with Crippen LogP contribution in [0.3, 0.4) is 0 Å². The normalized spacial score (nSPS) is 16.6. The number of H-pyrrole nitrogens is 2. The third kappa shape index (κ3) is 3.03. The molecule has 1 atom stereocenters. The molecule has 142 valence electrons. The first kappa shape index (κ1) is 17.2. The largest absolute Gasteiger partial charge is 0.379 e. The third-order valence-corrected chi connectivity index (χ3v) is 5.76. The molecule has 5 nitrogen and oxygen atoms in total. The van der Waals surface area contributed by atoms with Crippen LogP contribution in [0.1, 0.15) is 18.5 Å². The molecule has 0 aliphatic carbocycles. The molecule has 28 heavy (non-hydrogen) atoms. The van der Waals surface area contributed by atoms with Crippen molar-refractivity contribution in [3.8, 4) is 11.3 Å². The monoisotopic (exact) mass is 373 g/mol. The maximum absolute atomic E-state index is 12.6. The zero-order chi connectivity index (χ0) is 19.1. The van der Waals surface area contributed by atoms with Crippen molar-refractivity contribution in [3.05, 3.63) is 70.5 Å². The molecule has 1 saturated heterocycles. The van der Waals surface area contributed by atoms with Gasteiger partial charge in [-0.2, -0.15) is 0 Å². The number of ether oxygens (including phenoxy) is 1. The summed E-state index contributed by atoms with van der Waals surface area (Å²) in [5.74, 6) is 0. The SMILES string of the molecule is CC(c1ccc2[nH]c(-c3cc4ccccc4[nH]c3=O)cc2c1)N1CCOCC1. The summed E-state index contributed by atoms with van der Waals surface area (Å²) in [4.78, 5) is 21.4. The lowest BCUT2D eigenvalue weighted by molar-refractivity contribution is 0.0199. The first-order valence-corrected chi connectivity index (χ1v) is 9.76. The van der Waals surface area contributed by atoms with E-state index in [9.17, 15) is 4.79 Å². The lowest BCUT2D eigenvalue weighted by atomic mass is 10.0. The van der Waals surface area contributed by atoms with E-state index >= 15 is 0 Å². The Labute approximate surface area is 162 Å². The number of fused-ring (bicyclic) bond motifs is 2. The number of aromatic amines is 2. The van der Waals surface area contributed by atoms with Gasteiger partial charge in [-0.05, 0) is 48.2 Å². The topological polar surface area (TPSA) is 61.1 Å². The molecule has 4 aromatic rings. The zero-order valence-electron chi connectivity index (χ0n) is 15.9. The number of rotatable bonds is 3. The molecule has 2 N–H and O–H groups in total. The fourth-order valence-electron chi connectivity index (χ4n) is 4.08. The van der Waals surface area contributed by atoms with Crippen LogP contribution >= 0.6 is 0 Å². The van der Waals surface area contributed by atoms with Crippen LogP contribution < -0.4 is 5.56 Å². The second-order valence-electron chi connectivity index (χ2n) is 7.45. The Morgan fingerprint density at radius 1 is 0.929 bits per heavy atom. The number of para-hydroxylation sites is 1. The number of nitrogens with one attached hydrogen (secondary N) is 2. The van der Waals surface area contributed by atoms with Crippen molar-refractivity contribution in [2.45, 2.75) is 13.0 Å². The highest BCUT2D eigenvalue weighted by Gasteiger charge is 2.19. The van der Waals surface area contributed by atoms with Crippen molar-refractivity contribution in [2.24, 2.45) is 0 Å². The van der Waals surface area contributed by atoms with Crippen molar-refractivity contribution in [2.75, 3.05) is 26.3 Å². The van der Waals surface area contributed by atoms with Gasteiger partial charge in [0.1, 0.15) is 0 Å². The minimum absolute atomic E-state index is 0.0767. The molecule has 1 aliphatic rings. The quantitative estimate of drug-likeness (QED) is 0.569. The van der Waals surface area contributed by atoms with Crippen LogP contribution in [0.5, 0.6) is 0 Å². The molecule has 5 rings (SSSR count). The van der Waals surface area contributed by atoms with Crippen LogP contribution in [0.25, 0.3) is 33.1 Å². The first-order valence-electron chi connectivity index (χ1n) is 9.76. The van der Waals surface area contributed by atoms with Crippen molar-refractivity contribution in [3.63, 3.8) is 0 Å². The highest BCUT2D eigenvalue weighted by Crippen LogP contribution is 2.28. The summed E-state index contributed by atoms with van der Waals surface area (Å²) in [6.45, 7) is 5.76. The Hall–Kier alpha value is -2.89. The van der Waals surface area contributed by atoms with Crippen LogP contribution in [0.15, 0.2) is 59.4 Å². The van der Waals surface area contributed by atoms with Gasteiger partial charge in [0.25, 0.3) is 5.56 Å². The van der Waals surface area contributed by atoms with E-state index in [-0.39, 0.29) is 5.56 Å². The van der Waals surface area contributed by atoms with Gasteiger partial charge in [0.05, 0.1) is 24.5 Å². The zero-order valence-corrected chi connectivity index (χ0v) is 15.9. The van der Waals surface area contributed by atoms with Crippen LogP contribution in [0.2, 0.25) is 0 Å². The van der Waals surface area contributed by atoms with Crippen molar-refractivity contribution >= 4 is 21.8 Å². The van der Waals surface area contributed by atoms with E-state index < -0.39 is 0 Å². The number of hydrogen-bond acceptors (Lipinski definition) is 3. The molecule has 2 aromatic carbocycles. The van der Waals surface area contributed by atoms with E-state index in [0.29, 0.717) is 11.6 Å². The van der Waals surface area contributed by atoms with E-state index in [0.717, 1.165) is 53.8 Å². The summed E-state index contributed by atoms with van der Waals surface area (Å²) in [7, 11) is 0. The molecule has 0 saturated carbocycles. The molecule has 0 bridgehead atoms. The molecule has 1 aliphatic heterocycles. The van der Waals surface area contributed by atoms with Crippen LogP contribution in [-0.2, 0) is 4.74 Å². The van der Waals surface area contributed by atoms with Crippen LogP contribution in [0, 0.1) is 0 Å². The van der Waals surface area contributed by atoms with Gasteiger partial charge >= 0.3 is 0 Å². The van der Waals surface area contributed by atoms with Gasteiger partial charge in [-0.15, -0.1) is 0 Å². The van der Waals surface area contributed by atoms with E-state index in [4.69, 9.17) is 4.74 Å². The molecule has 0 spiro atoms. The second-order valence-corrected chi connectivity index (χ2v) is 7.45. The summed E-state index contributed by atoms with van der Waals surface area (Å²) in [5, 5.41) is 2.15. The molecular formula is C23H23N3O2. The van der Waals surface area contributed by atoms with E-state index in [1.165, 1.54) is 5.56 Å². The van der Waals surface area contributed by atoms with Crippen molar-refractivity contribution in [1.29, 1.82) is 0 Å². The molecule has 5 heteroatoms. The standard InChI is InChI=1S/C23H23N3O2/c1-15(26-8-10-28-11-9-26)16-6-7-21-18(12-16)14-22(24-21)19-13-17-4-2-3-5-20(17)25-23(19)27/h2-7,12-15,24H,8-11H2,1H3,(H,25,27). The number of pyridine rings is 1. The van der Waals surface area contributed by atoms with Gasteiger partial charge in [-0.1, -0.05) is 24.3 Å². The molecule has 1 unspecified atom stereocenters. The summed E-state index contributed by atoms with van der Waals surface area (Å²) in [6, 6.07) is 18.7. The fourth-order valence-corrected chi connectivity index (χ4v) is 4.08. The molecule has 1 fully saturated rings. The Morgan fingerprint density at radius 2 is 1.71 bits per heavy atom. The van der Waals surface area contributed by atoms with E-state index in [2.05, 4.69) is 46.1 Å². The average Bonchev–Trinajstić information content (AvgIpc) is 3.16. The van der Waals surface area contributed by atoms with Crippen molar-refractivity contribution in [1.82, 2.24) is 14.9 Å². The van der Waals surface area contributed by atoms with Gasteiger partial charge in [-0.25, -0.2) is 0 Å². The van der Waals surface area contributed by atoms with E-state index in [1.807, 2.05) is 30.3 Å². The number of morpholine rings is 1. The maximum atomic E-state index is 12.6. The van der Waals surface area contributed by atoms with Gasteiger partial charge in [0.15, 0.2) is 0 Å². The van der Waals surface area contributed by atoms with Gasteiger partial charge in [0, 0.05) is 35.6 Å². The maximum Gasteiger partial charge on any atom is 0.257 e. The number of nitrogens with zero attached hydrogens (tertiary/aromatic N) is 1. The smallest absolute Gasteiger partial charge is 0.257 e. The van der Waals surface area contributed by atoms with Crippen LogP contribution in [0.4, 0.5) is 0 Å². The number of aromatic nitrogens is 2. The minimum atomic E-state index is -0.0767. The average molecular weight is 373 g/mol. The number of hydrogen-bond donors (Lipinski definition) is 2. The summed E-state index contributed by atoms with van der Waals surface area (Å²) in [5.41, 5.74) is 4.62. The Kier molecular flexibility index (Phi) is 4.26. The first-order chi connectivity index (χ1) is 13.7. The third-order valence-electron chi connectivity index (χ3n) is 5.76. The predicted octanol–water partition coefficient (Wildman–Crippen LogP) is 4.07. The summed E-state index contributed by atoms with van der Waals surface area (Å²) in [6.07, 6.45) is 0. The van der Waals surface area contributed by atoms with Gasteiger partial charge < -0.3 is 14.7 Å². The summed E-state index contributed by atoms with van der Waals surface area (Å²) >= 11 is 0. The minimum Gasteiger partial charge on any atom is -0.379 e. The van der Waals surface area contributed by atoms with Crippen molar-refractivity contribution < 1.29 is 4.74 Å². The molecule has 0 radical (unpaired) electrons. The highest BCUT2D eigenvalue weighted by molar-refractivity contribution is 5.89. The predicted molar refractivity (Wildman–Crippen MR) is 113 cm³/mol.